The average molecular weight is 364 g/mol. The van der Waals surface area contributed by atoms with Gasteiger partial charge in [0.15, 0.2) is 6.61 Å². The van der Waals surface area contributed by atoms with E-state index >= 15 is 0 Å². The average Bonchev–Trinajstić information content (AvgIpc) is 3.00. The summed E-state index contributed by atoms with van der Waals surface area (Å²) >= 11 is 2.53. The lowest BCUT2D eigenvalue weighted by Gasteiger charge is -2.07. The molecule has 1 aromatic heterocycles. The van der Waals surface area contributed by atoms with Crippen molar-refractivity contribution in [1.29, 1.82) is 0 Å². The van der Waals surface area contributed by atoms with Gasteiger partial charge in [0.1, 0.15) is 5.00 Å². The van der Waals surface area contributed by atoms with E-state index in [4.69, 9.17) is 10.5 Å². The molecule has 0 aliphatic heterocycles. The van der Waals surface area contributed by atoms with Crippen LogP contribution in [0.15, 0.2) is 40.6 Å². The summed E-state index contributed by atoms with van der Waals surface area (Å²) < 4.78 is 4.93. The summed E-state index contributed by atoms with van der Waals surface area (Å²) in [6.07, 6.45) is 0. The van der Waals surface area contributed by atoms with Crippen molar-refractivity contribution >= 4 is 45.9 Å². The molecule has 1 heterocycles. The van der Waals surface area contributed by atoms with Crippen LogP contribution in [0.2, 0.25) is 0 Å². The zero-order valence-electron chi connectivity index (χ0n) is 12.9. The van der Waals surface area contributed by atoms with E-state index < -0.39 is 24.4 Å². The first kappa shape index (κ1) is 18.0. The fourth-order valence-corrected chi connectivity index (χ4v) is 3.44. The van der Waals surface area contributed by atoms with Gasteiger partial charge >= 0.3 is 5.97 Å². The van der Waals surface area contributed by atoms with Crippen LogP contribution < -0.4 is 11.1 Å². The van der Waals surface area contributed by atoms with Gasteiger partial charge in [-0.25, -0.2) is 0 Å². The van der Waals surface area contributed by atoms with Gasteiger partial charge in [0, 0.05) is 4.90 Å². The Balaban J connectivity index is 1.77. The summed E-state index contributed by atoms with van der Waals surface area (Å²) in [6, 6.07) is 9.21. The second-order valence-electron chi connectivity index (χ2n) is 4.79. The van der Waals surface area contributed by atoms with Crippen molar-refractivity contribution in [3.8, 4) is 0 Å². The Morgan fingerprint density at radius 1 is 1.25 bits per heavy atom. The van der Waals surface area contributed by atoms with Gasteiger partial charge in [0.2, 0.25) is 0 Å². The van der Waals surface area contributed by atoms with E-state index in [1.165, 1.54) is 29.2 Å². The highest BCUT2D eigenvalue weighted by Crippen LogP contribution is 2.23. The predicted molar refractivity (Wildman–Crippen MR) is 94.3 cm³/mol. The van der Waals surface area contributed by atoms with Crippen LogP contribution in [0.4, 0.5) is 5.00 Å². The van der Waals surface area contributed by atoms with Crippen LogP contribution >= 0.6 is 23.1 Å². The second kappa shape index (κ2) is 8.51. The minimum Gasteiger partial charge on any atom is -0.455 e. The summed E-state index contributed by atoms with van der Waals surface area (Å²) in [5.74, 6) is -1.52. The number of amides is 2. The molecule has 24 heavy (non-hydrogen) atoms. The molecule has 2 aromatic rings. The van der Waals surface area contributed by atoms with Gasteiger partial charge in [0.05, 0.1) is 11.3 Å². The summed E-state index contributed by atoms with van der Waals surface area (Å²) in [7, 11) is 0. The van der Waals surface area contributed by atoms with Gasteiger partial charge in [0.25, 0.3) is 11.8 Å². The fraction of sp³-hybridized carbons (Fsp3) is 0.188. The number of nitrogens with one attached hydrogen (secondary N) is 1. The molecular weight excluding hydrogens is 348 g/mol. The van der Waals surface area contributed by atoms with Crippen molar-refractivity contribution in [3.63, 3.8) is 0 Å². The van der Waals surface area contributed by atoms with E-state index in [1.807, 2.05) is 31.2 Å². The molecular formula is C16H16N2O4S2. The van der Waals surface area contributed by atoms with Gasteiger partial charge in [-0.05, 0) is 30.0 Å². The van der Waals surface area contributed by atoms with E-state index in [0.29, 0.717) is 5.00 Å². The molecule has 0 saturated heterocycles. The molecule has 8 heteroatoms. The Morgan fingerprint density at radius 2 is 2.00 bits per heavy atom. The van der Waals surface area contributed by atoms with Crippen molar-refractivity contribution in [1.82, 2.24) is 0 Å². The number of rotatable bonds is 7. The Bertz CT molecular complexity index is 758. The zero-order chi connectivity index (χ0) is 17.5. The largest absolute Gasteiger partial charge is 0.455 e. The number of benzene rings is 1. The van der Waals surface area contributed by atoms with E-state index in [-0.39, 0.29) is 11.3 Å². The number of primary amides is 1. The van der Waals surface area contributed by atoms with Gasteiger partial charge in [-0.3, -0.25) is 14.4 Å². The molecule has 6 nitrogen and oxygen atoms in total. The van der Waals surface area contributed by atoms with E-state index in [9.17, 15) is 14.4 Å². The molecule has 0 aliphatic rings. The topological polar surface area (TPSA) is 98.5 Å². The Kier molecular flexibility index (Phi) is 6.39. The first-order valence-electron chi connectivity index (χ1n) is 6.98. The lowest BCUT2D eigenvalue weighted by atomic mass is 10.2. The van der Waals surface area contributed by atoms with Crippen LogP contribution in [0.1, 0.15) is 15.9 Å². The number of ether oxygens (including phenoxy) is 1. The highest BCUT2D eigenvalue weighted by atomic mass is 32.2. The Morgan fingerprint density at radius 3 is 2.71 bits per heavy atom. The first-order valence-corrected chi connectivity index (χ1v) is 8.85. The number of esters is 1. The lowest BCUT2D eigenvalue weighted by Crippen LogP contribution is -2.22. The van der Waals surface area contributed by atoms with Crippen molar-refractivity contribution in [2.24, 2.45) is 5.73 Å². The summed E-state index contributed by atoms with van der Waals surface area (Å²) in [5.41, 5.74) is 6.50. The van der Waals surface area contributed by atoms with E-state index in [0.717, 1.165) is 10.5 Å². The molecule has 126 valence electrons. The molecule has 0 aliphatic carbocycles. The quantitative estimate of drug-likeness (QED) is 0.581. The van der Waals surface area contributed by atoms with Crippen molar-refractivity contribution in [2.75, 3.05) is 17.7 Å². The maximum absolute atomic E-state index is 11.8. The standard InChI is InChI=1S/C16H16N2O4S2/c1-10-4-2-3-5-12(10)24-9-14(20)22-8-13(19)18-16-11(15(17)21)6-7-23-16/h2-7H,8-9H2,1H3,(H2,17,21)(H,18,19). The first-order chi connectivity index (χ1) is 11.5. The summed E-state index contributed by atoms with van der Waals surface area (Å²) in [4.78, 5) is 35.6. The summed E-state index contributed by atoms with van der Waals surface area (Å²) in [6.45, 7) is 1.54. The van der Waals surface area contributed by atoms with Crippen LogP contribution in [0.25, 0.3) is 0 Å². The van der Waals surface area contributed by atoms with Crippen LogP contribution in [-0.2, 0) is 14.3 Å². The van der Waals surface area contributed by atoms with E-state index in [1.54, 1.807) is 5.38 Å². The zero-order valence-corrected chi connectivity index (χ0v) is 14.5. The van der Waals surface area contributed by atoms with Crippen molar-refractivity contribution < 1.29 is 19.1 Å². The number of carbonyl (C=O) groups excluding carboxylic acids is 3. The molecule has 0 radical (unpaired) electrons. The van der Waals surface area contributed by atoms with Crippen LogP contribution in [0, 0.1) is 6.92 Å². The lowest BCUT2D eigenvalue weighted by molar-refractivity contribution is -0.144. The number of aryl methyl sites for hydroxylation is 1. The number of thiophene rings is 1. The molecule has 3 N–H and O–H groups in total. The maximum Gasteiger partial charge on any atom is 0.316 e. The molecule has 2 rings (SSSR count). The normalized spacial score (nSPS) is 10.2. The number of carbonyl (C=O) groups is 3. The minimum atomic E-state index is -0.627. The monoisotopic (exact) mass is 364 g/mol. The Labute approximate surface area is 147 Å². The number of hydrogen-bond acceptors (Lipinski definition) is 6. The van der Waals surface area contributed by atoms with Gasteiger partial charge in [-0.1, -0.05) is 18.2 Å². The molecule has 1 aromatic carbocycles. The van der Waals surface area contributed by atoms with Crippen molar-refractivity contribution in [3.05, 3.63) is 46.8 Å². The van der Waals surface area contributed by atoms with Gasteiger partial charge in [-0.15, -0.1) is 23.1 Å². The maximum atomic E-state index is 11.8. The van der Waals surface area contributed by atoms with Gasteiger partial charge in [-0.2, -0.15) is 0 Å². The van der Waals surface area contributed by atoms with Crippen LogP contribution in [0.3, 0.4) is 0 Å². The van der Waals surface area contributed by atoms with Crippen LogP contribution in [-0.4, -0.2) is 30.1 Å². The van der Waals surface area contributed by atoms with Crippen LogP contribution in [0.5, 0.6) is 0 Å². The Hall–Kier alpha value is -2.32. The molecule has 0 unspecified atom stereocenters. The molecule has 2 amide bonds. The number of anilines is 1. The number of hydrogen-bond donors (Lipinski definition) is 2. The van der Waals surface area contributed by atoms with E-state index in [2.05, 4.69) is 5.32 Å². The van der Waals surface area contributed by atoms with Crippen molar-refractivity contribution in [2.45, 2.75) is 11.8 Å². The number of nitrogens with two attached hydrogens (primary N) is 1. The highest BCUT2D eigenvalue weighted by Gasteiger charge is 2.14. The third-order valence-electron chi connectivity index (χ3n) is 2.99. The predicted octanol–water partition coefficient (Wildman–Crippen LogP) is 2.43. The third-order valence-corrected chi connectivity index (χ3v) is 4.97. The van der Waals surface area contributed by atoms with Gasteiger partial charge < -0.3 is 15.8 Å². The molecule has 0 saturated carbocycles. The summed E-state index contributed by atoms with van der Waals surface area (Å²) in [5, 5.41) is 4.49. The fourth-order valence-electron chi connectivity index (χ4n) is 1.81. The molecule has 0 atom stereocenters. The molecule has 0 bridgehead atoms. The minimum absolute atomic E-state index is 0.115. The molecule has 0 fully saturated rings. The highest BCUT2D eigenvalue weighted by molar-refractivity contribution is 8.00. The number of thioether (sulfide) groups is 1. The second-order valence-corrected chi connectivity index (χ2v) is 6.72. The smallest absolute Gasteiger partial charge is 0.316 e. The SMILES string of the molecule is Cc1ccccc1SCC(=O)OCC(=O)Nc1sccc1C(N)=O. The molecule has 0 spiro atoms. The third kappa shape index (κ3) is 5.10.